The Labute approximate surface area is 591 Å². The topological polar surface area (TPSA) is 114 Å². The number of rotatable bonds is 58. The predicted molar refractivity (Wildman–Crippen MR) is 387 cm³/mol. The molecule has 0 heterocycles. The molecule has 4 aromatic rings. The van der Waals surface area contributed by atoms with Crippen LogP contribution < -0.4 is 0 Å². The first kappa shape index (κ1) is 83.9. The molecule has 0 N–H and O–H groups in total. The van der Waals surface area contributed by atoms with Crippen molar-refractivity contribution in [2.45, 2.75) is 397 Å². The molecule has 0 saturated heterocycles. The zero-order valence-corrected chi connectivity index (χ0v) is 64.4. The van der Waals surface area contributed by atoms with E-state index in [-0.39, 0.29) is 58.7 Å². The van der Waals surface area contributed by atoms with Gasteiger partial charge in [0.15, 0.2) is 0 Å². The number of hydrogen-bond acceptors (Lipinski definition) is 6. The van der Waals surface area contributed by atoms with Crippen molar-refractivity contribution in [2.75, 3.05) is 0 Å². The van der Waals surface area contributed by atoms with E-state index < -0.39 is 20.2 Å². The van der Waals surface area contributed by atoms with Crippen molar-refractivity contribution in [3.63, 3.8) is 0 Å². The monoisotopic (exact) mass is 1390 g/mol. The molecule has 0 unspecified atom stereocenters. The summed E-state index contributed by atoms with van der Waals surface area (Å²) in [7, 11) is -9.03. The van der Waals surface area contributed by atoms with Gasteiger partial charge in [-0.3, -0.25) is 0 Å². The van der Waals surface area contributed by atoms with Gasteiger partial charge in [-0.2, -0.15) is 0 Å². The van der Waals surface area contributed by atoms with Gasteiger partial charge in [0.1, 0.15) is 20.2 Å². The van der Waals surface area contributed by atoms with E-state index in [1.165, 1.54) is 306 Å². The second kappa shape index (κ2) is 56.0. The van der Waals surface area contributed by atoms with E-state index >= 15 is 0 Å². The molecule has 0 atom stereocenters. The first-order valence-corrected chi connectivity index (χ1v) is 40.8. The summed E-state index contributed by atoms with van der Waals surface area (Å²) in [5.74, 6) is 0. The Hall–Kier alpha value is -1.21. The third kappa shape index (κ3) is 42.8. The van der Waals surface area contributed by atoms with Crippen LogP contribution in [0.3, 0.4) is 0 Å². The molecular weight excluding hydrogens is 1260 g/mol. The van der Waals surface area contributed by atoms with Crippen molar-refractivity contribution in [3.8, 4) is 0 Å². The SMILES string of the molecule is CCCCCCCCCCCCCCCc1ccc2c(S(=O)(=O)[O-])cc(CCCCCCCCCCCCCCC)cc2c1.CCCCCCCCCCCCCCCc1ccc2c(S(=O)(=O)[O-])cc(CCCCCCCCCCCCCCC)cc2c1.[Ba+2]. The van der Waals surface area contributed by atoms with E-state index in [9.17, 15) is 25.9 Å². The van der Waals surface area contributed by atoms with Gasteiger partial charge in [-0.1, -0.05) is 384 Å². The van der Waals surface area contributed by atoms with E-state index in [2.05, 4.69) is 52.0 Å². The number of hydrogen-bond donors (Lipinski definition) is 0. The normalized spacial score (nSPS) is 11.8. The minimum absolute atomic E-state index is 0. The average molecular weight is 1390 g/mol. The van der Waals surface area contributed by atoms with Crippen LogP contribution >= 0.6 is 0 Å². The van der Waals surface area contributed by atoms with Crippen LogP contribution in [0, 0.1) is 0 Å². The number of benzene rings is 4. The van der Waals surface area contributed by atoms with Gasteiger partial charge < -0.3 is 9.11 Å². The van der Waals surface area contributed by atoms with Crippen LogP contribution in [0.5, 0.6) is 0 Å². The summed E-state index contributed by atoms with van der Waals surface area (Å²) in [5.41, 5.74) is 4.45. The number of aryl methyl sites for hydroxylation is 4. The van der Waals surface area contributed by atoms with Crippen LogP contribution in [0.25, 0.3) is 21.5 Å². The summed E-state index contributed by atoms with van der Waals surface area (Å²) in [6, 6.07) is 19.5. The molecule has 0 aromatic heterocycles. The molecule has 4 aromatic carbocycles. The fraction of sp³-hybridized carbons (Fsp3) is 0.750. The third-order valence-corrected chi connectivity index (χ3v) is 20.6. The van der Waals surface area contributed by atoms with Gasteiger partial charge in [0, 0.05) is 0 Å². The molecule has 0 fully saturated rings. The third-order valence-electron chi connectivity index (χ3n) is 18.9. The minimum Gasteiger partial charge on any atom is -0.744 e. The van der Waals surface area contributed by atoms with Gasteiger partial charge in [-0.15, -0.1) is 0 Å². The van der Waals surface area contributed by atoms with E-state index in [0.717, 1.165) is 86.1 Å². The van der Waals surface area contributed by atoms with Crippen LogP contribution in [0.4, 0.5) is 0 Å². The largest absolute Gasteiger partial charge is 2.00 e. The molecule has 0 aliphatic carbocycles. The average Bonchev–Trinajstić information content (AvgIpc) is 0.931. The molecule has 0 saturated carbocycles. The summed E-state index contributed by atoms with van der Waals surface area (Å²) in [6.45, 7) is 9.09. The van der Waals surface area contributed by atoms with Crippen molar-refractivity contribution in [2.24, 2.45) is 0 Å². The summed E-state index contributed by atoms with van der Waals surface area (Å²) in [4.78, 5) is -0.0978. The Bertz CT molecular complexity index is 2360. The summed E-state index contributed by atoms with van der Waals surface area (Å²) >= 11 is 0. The standard InChI is InChI=1S/2C40H68O3S.Ba/c2*1-3-5-7-9-11-13-15-17-19-21-23-25-27-29-36-31-32-39-38(33-36)34-37(35-40(39)44(41,42)43)30-28-26-24-22-20-18-16-14-12-10-8-6-4-2;/h2*31-35H,3-30H2,1-2H3,(H,41,42,43);/q;;+2/p-2. The van der Waals surface area contributed by atoms with Crippen molar-refractivity contribution >= 4 is 90.7 Å². The molecule has 89 heavy (non-hydrogen) atoms. The summed E-state index contributed by atoms with van der Waals surface area (Å²) in [5, 5.41) is 2.95. The molecule has 4 rings (SSSR count). The molecule has 0 aliphatic rings. The summed E-state index contributed by atoms with van der Waals surface area (Å²) in [6.07, 6.45) is 72.9. The maximum absolute atomic E-state index is 12.1. The Balaban J connectivity index is 0.000000600. The molecule has 504 valence electrons. The molecule has 0 bridgehead atoms. The predicted octanol–water partition coefficient (Wildman–Crippen LogP) is 25.6. The smallest absolute Gasteiger partial charge is 0.744 e. The second-order valence-electron chi connectivity index (χ2n) is 27.2. The van der Waals surface area contributed by atoms with Gasteiger partial charge in [0.25, 0.3) is 0 Å². The van der Waals surface area contributed by atoms with Gasteiger partial charge in [-0.05, 0) is 107 Å². The Morgan fingerprint density at radius 1 is 0.236 bits per heavy atom. The number of fused-ring (bicyclic) bond motifs is 2. The Morgan fingerprint density at radius 3 is 0.596 bits per heavy atom. The molecule has 9 heteroatoms. The first-order chi connectivity index (χ1) is 42.9. The second-order valence-corrected chi connectivity index (χ2v) is 29.9. The van der Waals surface area contributed by atoms with Crippen LogP contribution in [0.1, 0.15) is 384 Å². The van der Waals surface area contributed by atoms with E-state index in [0.29, 0.717) is 10.8 Å². The van der Waals surface area contributed by atoms with Gasteiger partial charge in [-0.25, -0.2) is 16.8 Å². The van der Waals surface area contributed by atoms with Crippen molar-refractivity contribution in [3.05, 3.63) is 82.9 Å². The van der Waals surface area contributed by atoms with Gasteiger partial charge in [0.05, 0.1) is 9.79 Å². The Kier molecular flexibility index (Phi) is 52.8. The molecule has 0 radical (unpaired) electrons. The summed E-state index contributed by atoms with van der Waals surface area (Å²) < 4.78 is 72.8. The zero-order valence-electron chi connectivity index (χ0n) is 58.3. The van der Waals surface area contributed by atoms with Crippen molar-refractivity contribution in [1.82, 2.24) is 0 Å². The fourth-order valence-corrected chi connectivity index (χ4v) is 14.8. The Morgan fingerprint density at radius 2 is 0.404 bits per heavy atom. The first-order valence-electron chi connectivity index (χ1n) is 37.9. The van der Waals surface area contributed by atoms with E-state index in [4.69, 9.17) is 0 Å². The fourth-order valence-electron chi connectivity index (χ4n) is 13.3. The molecule has 0 amide bonds. The molecule has 0 aliphatic heterocycles. The van der Waals surface area contributed by atoms with Crippen molar-refractivity contribution < 1.29 is 25.9 Å². The molecular formula is C80H134BaO6S2. The van der Waals surface area contributed by atoms with Crippen LogP contribution in [0.15, 0.2) is 70.5 Å². The minimum atomic E-state index is -4.51. The molecule has 6 nitrogen and oxygen atoms in total. The zero-order chi connectivity index (χ0) is 63.4. The van der Waals surface area contributed by atoms with E-state index in [1.807, 2.05) is 24.3 Å². The van der Waals surface area contributed by atoms with Crippen molar-refractivity contribution in [1.29, 1.82) is 0 Å². The maximum Gasteiger partial charge on any atom is 2.00 e. The van der Waals surface area contributed by atoms with Gasteiger partial charge in [0.2, 0.25) is 0 Å². The van der Waals surface area contributed by atoms with Crippen LogP contribution in [-0.2, 0) is 45.9 Å². The quantitative estimate of drug-likeness (QED) is 0.0247. The maximum atomic E-state index is 12.1. The van der Waals surface area contributed by atoms with Crippen LogP contribution in [-0.4, -0.2) is 74.8 Å². The van der Waals surface area contributed by atoms with Gasteiger partial charge >= 0.3 is 48.9 Å². The number of unbranched alkanes of at least 4 members (excludes halogenated alkanes) is 48. The van der Waals surface area contributed by atoms with Crippen LogP contribution in [0.2, 0.25) is 0 Å². The molecule has 0 spiro atoms. The van der Waals surface area contributed by atoms with E-state index in [1.54, 1.807) is 12.1 Å².